The molecule has 2 heterocycles. The molecule has 0 unspecified atom stereocenters. The first-order chi connectivity index (χ1) is 19.1. The van der Waals surface area contributed by atoms with Gasteiger partial charge in [-0.3, -0.25) is 0 Å². The van der Waals surface area contributed by atoms with Crippen molar-refractivity contribution in [2.24, 2.45) is 0 Å². The van der Waals surface area contributed by atoms with Crippen LogP contribution in [0.4, 0.5) is 0 Å². The topological polar surface area (TPSA) is 28.9 Å². The third-order valence-corrected chi connectivity index (χ3v) is 9.01. The fourth-order valence-electron chi connectivity index (χ4n) is 7.16. The van der Waals surface area contributed by atoms with Crippen molar-refractivity contribution in [3.63, 3.8) is 0 Å². The van der Waals surface area contributed by atoms with Crippen LogP contribution in [0.2, 0.25) is 0 Å². The van der Waals surface area contributed by atoms with Gasteiger partial charge in [0.25, 0.3) is 0 Å². The minimum atomic E-state index is -0.0455. The van der Waals surface area contributed by atoms with E-state index in [0.717, 1.165) is 38.5 Å². The highest BCUT2D eigenvalue weighted by Crippen LogP contribution is 2.50. The summed E-state index contributed by atoms with van der Waals surface area (Å²) in [4.78, 5) is 3.69. The zero-order valence-electron chi connectivity index (χ0n) is 21.8. The molecule has 6 aromatic carbocycles. The molecular weight excluding hydrogens is 474 g/mol. The Morgan fingerprint density at radius 2 is 1.23 bits per heavy atom. The van der Waals surface area contributed by atoms with Crippen molar-refractivity contribution in [2.75, 3.05) is 0 Å². The van der Waals surface area contributed by atoms with E-state index in [1.807, 2.05) is 0 Å². The van der Waals surface area contributed by atoms with E-state index < -0.39 is 0 Å². The predicted molar refractivity (Wildman–Crippen MR) is 164 cm³/mol. The maximum Gasteiger partial charge on any atom is 0.146 e. The summed E-state index contributed by atoms with van der Waals surface area (Å²) >= 11 is 0. The molecule has 0 saturated carbocycles. The number of H-pyrrole nitrogens is 1. The van der Waals surface area contributed by atoms with Crippen molar-refractivity contribution in [3.05, 3.63) is 120 Å². The summed E-state index contributed by atoms with van der Waals surface area (Å²) in [5.41, 5.74) is 11.9. The lowest BCUT2D eigenvalue weighted by atomic mass is 9.81. The summed E-state index contributed by atoms with van der Waals surface area (Å²) in [6.45, 7) is 4.67. The van der Waals surface area contributed by atoms with Crippen LogP contribution >= 0.6 is 0 Å². The first-order valence-corrected chi connectivity index (χ1v) is 13.6. The number of fused-ring (bicyclic) bond motifs is 13. The highest BCUT2D eigenvalue weighted by atomic mass is 16.3. The molecule has 1 aliphatic carbocycles. The summed E-state index contributed by atoms with van der Waals surface area (Å²) in [5.74, 6) is 0. The van der Waals surface area contributed by atoms with Gasteiger partial charge in [0.2, 0.25) is 0 Å². The molecule has 9 rings (SSSR count). The van der Waals surface area contributed by atoms with Crippen LogP contribution in [0.5, 0.6) is 0 Å². The van der Waals surface area contributed by atoms with Crippen molar-refractivity contribution in [3.8, 4) is 22.3 Å². The first kappa shape index (κ1) is 21.2. The number of benzene rings is 6. The molecule has 1 N–H and O–H groups in total. The molecule has 1 aliphatic rings. The van der Waals surface area contributed by atoms with Gasteiger partial charge in [-0.25, -0.2) is 0 Å². The lowest BCUT2D eigenvalue weighted by Crippen LogP contribution is -2.14. The summed E-state index contributed by atoms with van der Waals surface area (Å²) in [6, 6.07) is 39.6. The Bertz CT molecular complexity index is 2310. The number of nitrogens with one attached hydrogen (secondary N) is 1. The summed E-state index contributed by atoms with van der Waals surface area (Å²) in [6.07, 6.45) is 0. The second-order valence-electron chi connectivity index (χ2n) is 11.4. The highest BCUT2D eigenvalue weighted by molar-refractivity contribution is 6.35. The summed E-state index contributed by atoms with van der Waals surface area (Å²) < 4.78 is 6.94. The minimum absolute atomic E-state index is 0.0455. The van der Waals surface area contributed by atoms with E-state index in [4.69, 9.17) is 4.42 Å². The number of hydrogen-bond acceptors (Lipinski definition) is 1. The first-order valence-electron chi connectivity index (χ1n) is 13.6. The number of para-hydroxylation sites is 2. The molecule has 0 radical (unpaired) electrons. The van der Waals surface area contributed by atoms with Crippen molar-refractivity contribution >= 4 is 54.5 Å². The Morgan fingerprint density at radius 3 is 2.13 bits per heavy atom. The lowest BCUT2D eigenvalue weighted by molar-refractivity contribution is 0.660. The van der Waals surface area contributed by atoms with Gasteiger partial charge in [0.05, 0.1) is 10.9 Å². The normalized spacial score (nSPS) is 14.1. The Labute approximate surface area is 225 Å². The second kappa shape index (κ2) is 7.18. The molecule has 0 aliphatic heterocycles. The maximum atomic E-state index is 6.94. The van der Waals surface area contributed by atoms with Crippen LogP contribution in [0.25, 0.3) is 76.8 Å². The minimum Gasteiger partial charge on any atom is -0.455 e. The number of rotatable bonds is 1. The van der Waals surface area contributed by atoms with Crippen LogP contribution in [-0.2, 0) is 5.41 Å². The Hall–Kier alpha value is -4.82. The van der Waals surface area contributed by atoms with Gasteiger partial charge in [-0.15, -0.1) is 0 Å². The van der Waals surface area contributed by atoms with E-state index in [2.05, 4.69) is 128 Å². The molecule has 0 amide bonds. The summed E-state index contributed by atoms with van der Waals surface area (Å²) in [5, 5.41) is 7.14. The van der Waals surface area contributed by atoms with Crippen molar-refractivity contribution < 1.29 is 4.42 Å². The molecule has 0 saturated heterocycles. The number of aromatic amines is 1. The predicted octanol–water partition coefficient (Wildman–Crippen LogP) is 10.3. The smallest absolute Gasteiger partial charge is 0.146 e. The van der Waals surface area contributed by atoms with E-state index in [0.29, 0.717) is 0 Å². The fraction of sp³-hybridized carbons (Fsp3) is 0.0811. The lowest BCUT2D eigenvalue weighted by Gasteiger charge is -2.22. The van der Waals surface area contributed by atoms with Gasteiger partial charge < -0.3 is 9.40 Å². The zero-order valence-corrected chi connectivity index (χ0v) is 21.8. The molecule has 8 aromatic rings. The molecule has 2 aromatic heterocycles. The van der Waals surface area contributed by atoms with E-state index in [1.165, 1.54) is 49.4 Å². The average Bonchev–Trinajstić information content (AvgIpc) is 3.62. The Kier molecular flexibility index (Phi) is 3.89. The number of aromatic nitrogens is 1. The van der Waals surface area contributed by atoms with Gasteiger partial charge in [0.1, 0.15) is 11.2 Å². The SMILES string of the molecule is CC1(C)c2ccccc2-c2ccc(-c3cccc4c3oc3c4c4ccccc4c4[nH]c5ccccc5c43)cc21. The van der Waals surface area contributed by atoms with Crippen molar-refractivity contribution in [1.29, 1.82) is 0 Å². The van der Waals surface area contributed by atoms with Gasteiger partial charge >= 0.3 is 0 Å². The van der Waals surface area contributed by atoms with Crippen LogP contribution < -0.4 is 0 Å². The van der Waals surface area contributed by atoms with E-state index in [-0.39, 0.29) is 5.41 Å². The molecule has 2 heteroatoms. The number of furan rings is 1. The van der Waals surface area contributed by atoms with E-state index >= 15 is 0 Å². The van der Waals surface area contributed by atoms with Crippen LogP contribution in [0, 0.1) is 0 Å². The van der Waals surface area contributed by atoms with Crippen LogP contribution in [0.15, 0.2) is 114 Å². The van der Waals surface area contributed by atoms with Gasteiger partial charge in [-0.2, -0.15) is 0 Å². The quantitative estimate of drug-likeness (QED) is 0.239. The van der Waals surface area contributed by atoms with Crippen LogP contribution in [-0.4, -0.2) is 4.98 Å². The standard InChI is InChI=1S/C37H25NO/c1-37(2)29-16-7-5-10-23(29)24-19-18-21(20-30(24)37)22-14-9-15-28-32-25-11-3-4-12-26(25)34-33(36(32)39-35(22)28)27-13-6-8-17-31(27)38-34/h3-20,38H,1-2H3. The third kappa shape index (κ3) is 2.61. The third-order valence-electron chi connectivity index (χ3n) is 9.01. The van der Waals surface area contributed by atoms with Gasteiger partial charge in [-0.1, -0.05) is 111 Å². The zero-order chi connectivity index (χ0) is 25.9. The summed E-state index contributed by atoms with van der Waals surface area (Å²) in [7, 11) is 0. The van der Waals surface area contributed by atoms with Crippen LogP contribution in [0.1, 0.15) is 25.0 Å². The Morgan fingerprint density at radius 1 is 0.538 bits per heavy atom. The molecule has 39 heavy (non-hydrogen) atoms. The fourth-order valence-corrected chi connectivity index (χ4v) is 7.16. The molecule has 184 valence electrons. The van der Waals surface area contributed by atoms with Gasteiger partial charge in [0, 0.05) is 38.0 Å². The molecule has 0 fully saturated rings. The van der Waals surface area contributed by atoms with Gasteiger partial charge in [0.15, 0.2) is 0 Å². The molecular formula is C37H25NO. The Balaban J connectivity index is 1.39. The number of hydrogen-bond donors (Lipinski definition) is 1. The average molecular weight is 500 g/mol. The highest BCUT2D eigenvalue weighted by Gasteiger charge is 2.35. The van der Waals surface area contributed by atoms with Gasteiger partial charge in [-0.05, 0) is 45.3 Å². The maximum absolute atomic E-state index is 6.94. The van der Waals surface area contributed by atoms with E-state index in [1.54, 1.807) is 0 Å². The second-order valence-corrected chi connectivity index (χ2v) is 11.4. The van der Waals surface area contributed by atoms with Crippen molar-refractivity contribution in [1.82, 2.24) is 4.98 Å². The molecule has 0 bridgehead atoms. The molecule has 2 nitrogen and oxygen atoms in total. The molecule has 0 atom stereocenters. The molecule has 0 spiro atoms. The largest absolute Gasteiger partial charge is 0.455 e. The van der Waals surface area contributed by atoms with E-state index in [9.17, 15) is 0 Å². The van der Waals surface area contributed by atoms with Crippen LogP contribution in [0.3, 0.4) is 0 Å². The van der Waals surface area contributed by atoms with Crippen molar-refractivity contribution in [2.45, 2.75) is 19.3 Å². The monoisotopic (exact) mass is 499 g/mol.